The van der Waals surface area contributed by atoms with Crippen LogP contribution in [-0.2, 0) is 14.3 Å². The van der Waals surface area contributed by atoms with E-state index in [-0.39, 0.29) is 24.8 Å². The van der Waals surface area contributed by atoms with Gasteiger partial charge in [0, 0.05) is 18.7 Å². The van der Waals surface area contributed by atoms with E-state index in [9.17, 15) is 14.4 Å². The molecule has 32 heavy (non-hydrogen) atoms. The summed E-state index contributed by atoms with van der Waals surface area (Å²) in [6.07, 6.45) is 1.85. The number of nitrogens with one attached hydrogen (secondary N) is 1. The monoisotopic (exact) mass is 470 g/mol. The average molecular weight is 471 g/mol. The summed E-state index contributed by atoms with van der Waals surface area (Å²) in [6.45, 7) is 2.21. The van der Waals surface area contributed by atoms with Crippen LogP contribution in [0.3, 0.4) is 0 Å². The van der Waals surface area contributed by atoms with Crippen molar-refractivity contribution in [1.29, 1.82) is 0 Å². The van der Waals surface area contributed by atoms with E-state index in [1.54, 1.807) is 44.4 Å². The van der Waals surface area contributed by atoms with Gasteiger partial charge in [-0.25, -0.2) is 4.79 Å². The van der Waals surface area contributed by atoms with Crippen LogP contribution in [0.25, 0.3) is 6.08 Å². The molecular weight excluding hydrogens is 448 g/mol. The molecule has 3 rings (SSSR count). The third-order valence-corrected chi connectivity index (χ3v) is 5.91. The van der Waals surface area contributed by atoms with Gasteiger partial charge < -0.3 is 14.8 Å². The number of carbonyl (C=O) groups is 3. The molecule has 2 aromatic carbocycles. The summed E-state index contributed by atoms with van der Waals surface area (Å²) in [6, 6.07) is 13.8. The summed E-state index contributed by atoms with van der Waals surface area (Å²) >= 11 is 6.54. The zero-order valence-corrected chi connectivity index (χ0v) is 19.3. The minimum atomic E-state index is -0.414. The molecule has 9 heteroatoms. The SMILES string of the molecule is CCOC(=O)c1ccc(NC(=O)CCN2C(=O)/C(=C/c3ccc(OC)cc3)SC2=S)cc1. The first-order chi connectivity index (χ1) is 15.4. The molecule has 0 spiro atoms. The Morgan fingerprint density at radius 2 is 1.81 bits per heavy atom. The largest absolute Gasteiger partial charge is 0.497 e. The number of nitrogens with zero attached hydrogens (tertiary/aromatic N) is 1. The van der Waals surface area contributed by atoms with Crippen LogP contribution >= 0.6 is 24.0 Å². The Morgan fingerprint density at radius 3 is 2.44 bits per heavy atom. The van der Waals surface area contributed by atoms with Gasteiger partial charge in [-0.05, 0) is 55.0 Å². The summed E-state index contributed by atoms with van der Waals surface area (Å²) in [4.78, 5) is 38.7. The van der Waals surface area contributed by atoms with Gasteiger partial charge in [0.15, 0.2) is 0 Å². The van der Waals surface area contributed by atoms with Crippen molar-refractivity contribution >= 4 is 57.8 Å². The van der Waals surface area contributed by atoms with Gasteiger partial charge in [-0.1, -0.05) is 36.1 Å². The second-order valence-electron chi connectivity index (χ2n) is 6.70. The molecule has 2 amide bonds. The van der Waals surface area contributed by atoms with Crippen molar-refractivity contribution in [1.82, 2.24) is 4.90 Å². The Kier molecular flexibility index (Phi) is 8.02. The number of benzene rings is 2. The maximum Gasteiger partial charge on any atom is 0.338 e. The number of esters is 1. The van der Waals surface area contributed by atoms with E-state index in [1.165, 1.54) is 16.7 Å². The predicted octanol–water partition coefficient (Wildman–Crippen LogP) is 4.10. The van der Waals surface area contributed by atoms with E-state index in [4.69, 9.17) is 21.7 Å². The first kappa shape index (κ1) is 23.5. The molecule has 166 valence electrons. The van der Waals surface area contributed by atoms with Crippen LogP contribution < -0.4 is 10.1 Å². The van der Waals surface area contributed by atoms with Crippen molar-refractivity contribution in [3.05, 3.63) is 64.6 Å². The van der Waals surface area contributed by atoms with Crippen molar-refractivity contribution in [2.24, 2.45) is 0 Å². The number of rotatable bonds is 8. The Labute approximate surface area is 195 Å². The fourth-order valence-electron chi connectivity index (χ4n) is 2.89. The van der Waals surface area contributed by atoms with Gasteiger partial charge >= 0.3 is 5.97 Å². The van der Waals surface area contributed by atoms with E-state index in [0.29, 0.717) is 27.1 Å². The Balaban J connectivity index is 1.55. The van der Waals surface area contributed by atoms with Crippen LogP contribution in [0.1, 0.15) is 29.3 Å². The summed E-state index contributed by atoms with van der Waals surface area (Å²) in [5.41, 5.74) is 1.81. The highest BCUT2D eigenvalue weighted by molar-refractivity contribution is 8.26. The second-order valence-corrected chi connectivity index (χ2v) is 8.38. The van der Waals surface area contributed by atoms with Gasteiger partial charge in [0.05, 0.1) is 24.2 Å². The van der Waals surface area contributed by atoms with Crippen molar-refractivity contribution < 1.29 is 23.9 Å². The molecule has 0 aliphatic carbocycles. The molecule has 2 aromatic rings. The highest BCUT2D eigenvalue weighted by atomic mass is 32.2. The second kappa shape index (κ2) is 10.9. The molecule has 1 saturated heterocycles. The third-order valence-electron chi connectivity index (χ3n) is 4.53. The van der Waals surface area contributed by atoms with Crippen LogP contribution in [0.5, 0.6) is 5.75 Å². The van der Waals surface area contributed by atoms with Crippen LogP contribution in [0.2, 0.25) is 0 Å². The van der Waals surface area contributed by atoms with Gasteiger partial charge in [0.2, 0.25) is 5.91 Å². The van der Waals surface area contributed by atoms with Crippen molar-refractivity contribution in [2.45, 2.75) is 13.3 Å². The zero-order chi connectivity index (χ0) is 23.1. The average Bonchev–Trinajstić information content (AvgIpc) is 3.05. The van der Waals surface area contributed by atoms with E-state index in [2.05, 4.69) is 5.32 Å². The van der Waals surface area contributed by atoms with Crippen LogP contribution in [0.15, 0.2) is 53.4 Å². The maximum absolute atomic E-state index is 12.7. The number of ether oxygens (including phenoxy) is 2. The zero-order valence-electron chi connectivity index (χ0n) is 17.6. The van der Waals surface area contributed by atoms with E-state index >= 15 is 0 Å². The highest BCUT2D eigenvalue weighted by Gasteiger charge is 2.32. The molecule has 1 aliphatic heterocycles. The Hall–Kier alpha value is -3.17. The number of anilines is 1. The summed E-state index contributed by atoms with van der Waals surface area (Å²) < 4.78 is 10.5. The smallest absolute Gasteiger partial charge is 0.338 e. The fourth-order valence-corrected chi connectivity index (χ4v) is 4.19. The van der Waals surface area contributed by atoms with Crippen molar-refractivity contribution in [2.75, 3.05) is 25.6 Å². The number of methoxy groups -OCH3 is 1. The molecule has 0 bridgehead atoms. The maximum atomic E-state index is 12.7. The van der Waals surface area contributed by atoms with Crippen LogP contribution in [0, 0.1) is 0 Å². The molecule has 0 aromatic heterocycles. The van der Waals surface area contributed by atoms with E-state index in [0.717, 1.165) is 11.3 Å². The summed E-state index contributed by atoms with van der Waals surface area (Å²) in [5.74, 6) is -0.164. The normalized spacial score (nSPS) is 14.6. The number of thioether (sulfide) groups is 1. The molecule has 0 unspecified atom stereocenters. The fraction of sp³-hybridized carbons (Fsp3) is 0.217. The minimum absolute atomic E-state index is 0.0852. The first-order valence-corrected chi connectivity index (χ1v) is 11.1. The summed E-state index contributed by atoms with van der Waals surface area (Å²) in [5, 5.41) is 2.75. The standard InChI is InChI=1S/C23H22N2O5S2/c1-3-30-22(28)16-6-8-17(9-7-16)24-20(26)12-13-25-21(27)19(32-23(25)31)14-15-4-10-18(29-2)11-5-15/h4-11,14H,3,12-13H2,1-2H3,(H,24,26)/b19-14-. The van der Waals surface area contributed by atoms with E-state index in [1.807, 2.05) is 24.3 Å². The van der Waals surface area contributed by atoms with Gasteiger partial charge in [0.1, 0.15) is 10.1 Å². The molecule has 0 saturated carbocycles. The molecule has 1 aliphatic rings. The lowest BCUT2D eigenvalue weighted by Crippen LogP contribution is -2.31. The number of hydrogen-bond acceptors (Lipinski definition) is 7. The lowest BCUT2D eigenvalue weighted by atomic mass is 10.2. The van der Waals surface area contributed by atoms with Gasteiger partial charge in [0.25, 0.3) is 5.91 Å². The molecular formula is C23H22N2O5S2. The predicted molar refractivity (Wildman–Crippen MR) is 129 cm³/mol. The topological polar surface area (TPSA) is 84.9 Å². The quantitative estimate of drug-likeness (QED) is 0.353. The van der Waals surface area contributed by atoms with Crippen LogP contribution in [0.4, 0.5) is 5.69 Å². The lowest BCUT2D eigenvalue weighted by molar-refractivity contribution is -0.122. The first-order valence-electron chi connectivity index (χ1n) is 9.87. The summed E-state index contributed by atoms with van der Waals surface area (Å²) in [7, 11) is 1.59. The van der Waals surface area contributed by atoms with Crippen molar-refractivity contribution in [3.63, 3.8) is 0 Å². The Morgan fingerprint density at radius 1 is 1.12 bits per heavy atom. The number of hydrogen-bond donors (Lipinski definition) is 1. The highest BCUT2D eigenvalue weighted by Crippen LogP contribution is 2.32. The van der Waals surface area contributed by atoms with E-state index < -0.39 is 5.97 Å². The number of carbonyl (C=O) groups excluding carboxylic acids is 3. The van der Waals surface area contributed by atoms with Crippen molar-refractivity contribution in [3.8, 4) is 5.75 Å². The molecule has 7 nitrogen and oxygen atoms in total. The van der Waals surface area contributed by atoms with Gasteiger partial charge in [-0.15, -0.1) is 0 Å². The van der Waals surface area contributed by atoms with Gasteiger partial charge in [-0.2, -0.15) is 0 Å². The molecule has 1 fully saturated rings. The molecule has 1 N–H and O–H groups in total. The molecule has 1 heterocycles. The van der Waals surface area contributed by atoms with Crippen LogP contribution in [-0.4, -0.2) is 47.3 Å². The number of amides is 2. The minimum Gasteiger partial charge on any atom is -0.497 e. The Bertz CT molecular complexity index is 1050. The van der Waals surface area contributed by atoms with Gasteiger partial charge in [-0.3, -0.25) is 14.5 Å². The number of thiocarbonyl (C=S) groups is 1. The molecule has 0 atom stereocenters. The molecule has 0 radical (unpaired) electrons. The lowest BCUT2D eigenvalue weighted by Gasteiger charge is -2.14. The third kappa shape index (κ3) is 5.95.